The number of nitrogens with one attached hydrogen (secondary N) is 1. The van der Waals surface area contributed by atoms with Crippen LogP contribution in [0.2, 0.25) is 0 Å². The summed E-state index contributed by atoms with van der Waals surface area (Å²) in [4.78, 5) is 0.125. The molecule has 0 spiro atoms. The molecule has 1 aromatic heterocycles. The predicted octanol–water partition coefficient (Wildman–Crippen LogP) is 1.56. The van der Waals surface area contributed by atoms with Gasteiger partial charge in [-0.25, -0.2) is 13.1 Å². The van der Waals surface area contributed by atoms with E-state index >= 15 is 0 Å². The Labute approximate surface area is 120 Å². The van der Waals surface area contributed by atoms with Crippen LogP contribution in [0.4, 0.5) is 5.82 Å². The van der Waals surface area contributed by atoms with Crippen molar-refractivity contribution in [1.29, 1.82) is 0 Å². The van der Waals surface area contributed by atoms with Crippen LogP contribution in [0.5, 0.6) is 0 Å². The van der Waals surface area contributed by atoms with Crippen LogP contribution in [-0.2, 0) is 17.1 Å². The summed E-state index contributed by atoms with van der Waals surface area (Å²) in [6, 6.07) is 0.0118. The van der Waals surface area contributed by atoms with Crippen LogP contribution in [0.3, 0.4) is 0 Å². The molecule has 1 aromatic rings. The van der Waals surface area contributed by atoms with Crippen LogP contribution in [0, 0.1) is 12.8 Å². The van der Waals surface area contributed by atoms with Crippen molar-refractivity contribution in [2.75, 3.05) is 5.73 Å². The number of nitrogen functional groups attached to an aromatic ring is 1. The SMILES string of the molecule is CCC1CCCCC1NS(=O)(=O)c1c(N)nn(C)c1C. The second-order valence-corrected chi connectivity index (χ2v) is 7.25. The van der Waals surface area contributed by atoms with Crippen molar-refractivity contribution in [3.05, 3.63) is 5.69 Å². The van der Waals surface area contributed by atoms with Gasteiger partial charge >= 0.3 is 0 Å². The smallest absolute Gasteiger partial charge is 0.246 e. The first kappa shape index (κ1) is 15.3. The van der Waals surface area contributed by atoms with E-state index in [2.05, 4.69) is 16.7 Å². The van der Waals surface area contributed by atoms with Gasteiger partial charge in [0.2, 0.25) is 10.0 Å². The summed E-state index contributed by atoms with van der Waals surface area (Å²) in [5.41, 5.74) is 6.32. The number of aromatic nitrogens is 2. The minimum absolute atomic E-state index is 0.0118. The maximum Gasteiger partial charge on any atom is 0.246 e. The van der Waals surface area contributed by atoms with Gasteiger partial charge in [0.25, 0.3) is 0 Å². The molecule has 1 aliphatic rings. The Morgan fingerprint density at radius 2 is 2.05 bits per heavy atom. The molecule has 6 nitrogen and oxygen atoms in total. The van der Waals surface area contributed by atoms with E-state index in [1.54, 1.807) is 14.0 Å². The molecule has 0 aromatic carbocycles. The lowest BCUT2D eigenvalue weighted by atomic mass is 9.83. The second-order valence-electron chi connectivity index (χ2n) is 5.60. The van der Waals surface area contributed by atoms with Gasteiger partial charge in [0.05, 0.1) is 5.69 Å². The average molecular weight is 300 g/mol. The molecule has 3 N–H and O–H groups in total. The topological polar surface area (TPSA) is 90.0 Å². The normalized spacial score (nSPS) is 23.9. The molecule has 2 unspecified atom stereocenters. The minimum atomic E-state index is -3.60. The van der Waals surface area contributed by atoms with Gasteiger partial charge in [0.1, 0.15) is 4.90 Å². The number of nitrogens with zero attached hydrogens (tertiary/aromatic N) is 2. The monoisotopic (exact) mass is 300 g/mol. The van der Waals surface area contributed by atoms with Crippen LogP contribution >= 0.6 is 0 Å². The zero-order valence-corrected chi connectivity index (χ0v) is 13.2. The Balaban J connectivity index is 2.26. The lowest BCUT2D eigenvalue weighted by molar-refractivity contribution is 0.282. The minimum Gasteiger partial charge on any atom is -0.381 e. The number of rotatable bonds is 4. The zero-order valence-electron chi connectivity index (χ0n) is 12.4. The van der Waals surface area contributed by atoms with Crippen LogP contribution in [-0.4, -0.2) is 24.2 Å². The highest BCUT2D eigenvalue weighted by atomic mass is 32.2. The highest BCUT2D eigenvalue weighted by Crippen LogP contribution is 2.29. The number of nitrogens with two attached hydrogens (primary N) is 1. The van der Waals surface area contributed by atoms with E-state index in [4.69, 9.17) is 5.73 Å². The Bertz CT molecular complexity index is 579. The van der Waals surface area contributed by atoms with Gasteiger partial charge in [-0.15, -0.1) is 0 Å². The summed E-state index contributed by atoms with van der Waals surface area (Å²) in [5, 5.41) is 3.98. The quantitative estimate of drug-likeness (QED) is 0.883. The molecule has 0 radical (unpaired) electrons. The van der Waals surface area contributed by atoms with Crippen molar-refractivity contribution in [3.8, 4) is 0 Å². The number of hydrogen-bond acceptors (Lipinski definition) is 4. The average Bonchev–Trinajstić information content (AvgIpc) is 2.63. The molecule has 1 saturated carbocycles. The van der Waals surface area contributed by atoms with Crippen molar-refractivity contribution >= 4 is 15.8 Å². The summed E-state index contributed by atoms with van der Waals surface area (Å²) in [5.74, 6) is 0.484. The molecule has 0 aliphatic heterocycles. The van der Waals surface area contributed by atoms with Crippen molar-refractivity contribution in [2.45, 2.75) is 56.9 Å². The van der Waals surface area contributed by atoms with E-state index in [9.17, 15) is 8.42 Å². The molecule has 2 atom stereocenters. The molecule has 0 amide bonds. The predicted molar refractivity (Wildman–Crippen MR) is 78.7 cm³/mol. The zero-order chi connectivity index (χ0) is 14.9. The number of hydrogen-bond donors (Lipinski definition) is 2. The molecule has 20 heavy (non-hydrogen) atoms. The molecule has 114 valence electrons. The van der Waals surface area contributed by atoms with E-state index in [0.29, 0.717) is 11.6 Å². The first-order valence-corrected chi connectivity index (χ1v) is 8.66. The van der Waals surface area contributed by atoms with E-state index < -0.39 is 10.0 Å². The van der Waals surface area contributed by atoms with Gasteiger partial charge in [-0.2, -0.15) is 5.10 Å². The number of sulfonamides is 1. The second kappa shape index (κ2) is 5.73. The van der Waals surface area contributed by atoms with Gasteiger partial charge in [-0.05, 0) is 25.7 Å². The summed E-state index contributed by atoms with van der Waals surface area (Å²) in [6.07, 6.45) is 5.24. The summed E-state index contributed by atoms with van der Waals surface area (Å²) >= 11 is 0. The van der Waals surface area contributed by atoms with E-state index in [1.807, 2.05) is 0 Å². The van der Waals surface area contributed by atoms with Crippen molar-refractivity contribution in [3.63, 3.8) is 0 Å². The molecule has 2 rings (SSSR count). The third-order valence-electron chi connectivity index (χ3n) is 4.31. The number of aryl methyl sites for hydroxylation is 1. The summed E-state index contributed by atoms with van der Waals surface area (Å²) in [7, 11) is -1.91. The standard InChI is InChI=1S/C13H24N4O2S/c1-4-10-7-5-6-8-11(10)16-20(18,19)12-9(2)17(3)15-13(12)14/h10-11,16H,4-8H2,1-3H3,(H2,14,15). The lowest BCUT2D eigenvalue weighted by Crippen LogP contribution is -2.42. The van der Waals surface area contributed by atoms with E-state index in [-0.39, 0.29) is 16.8 Å². The van der Waals surface area contributed by atoms with E-state index in [0.717, 1.165) is 25.7 Å². The Morgan fingerprint density at radius 1 is 1.40 bits per heavy atom. The van der Waals surface area contributed by atoms with Crippen LogP contribution in [0.25, 0.3) is 0 Å². The molecular formula is C13H24N4O2S. The Hall–Kier alpha value is -1.08. The molecule has 1 aliphatic carbocycles. The van der Waals surface area contributed by atoms with Gasteiger partial charge in [0, 0.05) is 13.1 Å². The van der Waals surface area contributed by atoms with E-state index in [1.165, 1.54) is 11.1 Å². The maximum absolute atomic E-state index is 12.6. The fraction of sp³-hybridized carbons (Fsp3) is 0.769. The van der Waals surface area contributed by atoms with Gasteiger partial charge in [-0.3, -0.25) is 4.68 Å². The third kappa shape index (κ3) is 2.83. The summed E-state index contributed by atoms with van der Waals surface area (Å²) in [6.45, 7) is 3.83. The number of anilines is 1. The molecule has 1 heterocycles. The van der Waals surface area contributed by atoms with Crippen molar-refractivity contribution in [2.24, 2.45) is 13.0 Å². The van der Waals surface area contributed by atoms with Crippen molar-refractivity contribution < 1.29 is 8.42 Å². The first-order chi connectivity index (χ1) is 9.36. The molecule has 0 saturated heterocycles. The van der Waals surface area contributed by atoms with Gasteiger partial charge < -0.3 is 5.73 Å². The molecule has 1 fully saturated rings. The molecule has 0 bridgehead atoms. The fourth-order valence-electron chi connectivity index (χ4n) is 3.06. The Kier molecular flexibility index (Phi) is 4.39. The Morgan fingerprint density at radius 3 is 2.60 bits per heavy atom. The highest BCUT2D eigenvalue weighted by Gasteiger charge is 2.31. The van der Waals surface area contributed by atoms with Crippen LogP contribution < -0.4 is 10.5 Å². The van der Waals surface area contributed by atoms with Gasteiger partial charge in [-0.1, -0.05) is 26.2 Å². The fourth-order valence-corrected chi connectivity index (χ4v) is 4.72. The van der Waals surface area contributed by atoms with Crippen LogP contribution in [0.1, 0.15) is 44.7 Å². The third-order valence-corrected chi connectivity index (χ3v) is 5.97. The van der Waals surface area contributed by atoms with Crippen LogP contribution in [0.15, 0.2) is 4.90 Å². The summed E-state index contributed by atoms with van der Waals surface area (Å²) < 4.78 is 29.5. The van der Waals surface area contributed by atoms with Gasteiger partial charge in [0.15, 0.2) is 5.82 Å². The largest absolute Gasteiger partial charge is 0.381 e. The maximum atomic E-state index is 12.6. The first-order valence-electron chi connectivity index (χ1n) is 7.18. The molecular weight excluding hydrogens is 276 g/mol. The molecule has 7 heteroatoms. The van der Waals surface area contributed by atoms with Crippen molar-refractivity contribution in [1.82, 2.24) is 14.5 Å². The highest BCUT2D eigenvalue weighted by molar-refractivity contribution is 7.89. The lowest BCUT2D eigenvalue weighted by Gasteiger charge is -2.31.